The van der Waals surface area contributed by atoms with Crippen molar-refractivity contribution in [3.05, 3.63) is 18.2 Å². The number of sulfone groups is 1. The predicted molar refractivity (Wildman–Crippen MR) is 83.2 cm³/mol. The van der Waals surface area contributed by atoms with Crippen LogP contribution in [-0.2, 0) is 19.9 Å². The van der Waals surface area contributed by atoms with Gasteiger partial charge in [-0.1, -0.05) is 26.7 Å². The summed E-state index contributed by atoms with van der Waals surface area (Å²) >= 11 is 0. The zero-order chi connectivity index (χ0) is 16.3. The highest BCUT2D eigenvalue weighted by Crippen LogP contribution is 2.22. The normalized spacial score (nSPS) is 12.8. The molecule has 1 rings (SSSR count). The Morgan fingerprint density at radius 1 is 1.14 bits per heavy atom. The van der Waals surface area contributed by atoms with Crippen molar-refractivity contribution in [3.8, 4) is 0 Å². The molecular formula is C13H22N2O4S2. The number of nitrogens with two attached hydrogens (primary N) is 1. The van der Waals surface area contributed by atoms with Crippen LogP contribution in [0.2, 0.25) is 0 Å². The smallest absolute Gasteiger partial charge is 0.242 e. The molecule has 0 aromatic heterocycles. The summed E-state index contributed by atoms with van der Waals surface area (Å²) in [5.41, 5.74) is 5.70. The van der Waals surface area contributed by atoms with E-state index in [4.69, 9.17) is 5.73 Å². The van der Waals surface area contributed by atoms with E-state index in [0.717, 1.165) is 25.2 Å². The van der Waals surface area contributed by atoms with Gasteiger partial charge < -0.3 is 5.73 Å². The second-order valence-electron chi connectivity index (χ2n) is 5.01. The SMILES string of the molecule is CCC(CC)CNS(=O)(=O)c1cc(S(C)(=O)=O)ccc1N. The molecule has 0 aliphatic rings. The molecule has 6 nitrogen and oxygen atoms in total. The molecule has 0 bridgehead atoms. The monoisotopic (exact) mass is 334 g/mol. The van der Waals surface area contributed by atoms with Crippen molar-refractivity contribution in [1.82, 2.24) is 4.72 Å². The molecule has 0 amide bonds. The molecule has 0 heterocycles. The lowest BCUT2D eigenvalue weighted by Crippen LogP contribution is -2.29. The van der Waals surface area contributed by atoms with Gasteiger partial charge in [-0.05, 0) is 24.1 Å². The van der Waals surface area contributed by atoms with Gasteiger partial charge in [0.15, 0.2) is 9.84 Å². The quantitative estimate of drug-likeness (QED) is 0.733. The largest absolute Gasteiger partial charge is 0.398 e. The summed E-state index contributed by atoms with van der Waals surface area (Å²) in [6, 6.07) is 3.69. The van der Waals surface area contributed by atoms with E-state index in [1.807, 2.05) is 13.8 Å². The zero-order valence-electron chi connectivity index (χ0n) is 12.5. The van der Waals surface area contributed by atoms with Crippen LogP contribution in [0, 0.1) is 5.92 Å². The van der Waals surface area contributed by atoms with Gasteiger partial charge >= 0.3 is 0 Å². The molecule has 120 valence electrons. The Kier molecular flexibility index (Phi) is 5.77. The third-order valence-corrected chi connectivity index (χ3v) is 6.01. The van der Waals surface area contributed by atoms with Crippen LogP contribution >= 0.6 is 0 Å². The van der Waals surface area contributed by atoms with Crippen LogP contribution in [0.1, 0.15) is 26.7 Å². The Morgan fingerprint density at radius 2 is 1.71 bits per heavy atom. The molecule has 0 radical (unpaired) electrons. The highest BCUT2D eigenvalue weighted by molar-refractivity contribution is 7.91. The fourth-order valence-corrected chi connectivity index (χ4v) is 3.85. The van der Waals surface area contributed by atoms with Gasteiger partial charge in [0.25, 0.3) is 0 Å². The Bertz CT molecular complexity index is 693. The van der Waals surface area contributed by atoms with Crippen molar-refractivity contribution in [1.29, 1.82) is 0 Å². The maximum Gasteiger partial charge on any atom is 0.242 e. The van der Waals surface area contributed by atoms with Crippen LogP contribution in [0.25, 0.3) is 0 Å². The number of hydrogen-bond acceptors (Lipinski definition) is 5. The Labute approximate surface area is 126 Å². The summed E-state index contributed by atoms with van der Waals surface area (Å²) < 4.78 is 50.1. The zero-order valence-corrected chi connectivity index (χ0v) is 14.1. The fourth-order valence-electron chi connectivity index (χ4n) is 1.86. The van der Waals surface area contributed by atoms with Gasteiger partial charge in [0, 0.05) is 12.8 Å². The van der Waals surface area contributed by atoms with Gasteiger partial charge in [-0.15, -0.1) is 0 Å². The summed E-state index contributed by atoms with van der Waals surface area (Å²) in [5.74, 6) is 0.235. The van der Waals surface area contributed by atoms with Gasteiger partial charge in [0.1, 0.15) is 4.90 Å². The lowest BCUT2D eigenvalue weighted by molar-refractivity contribution is 0.479. The van der Waals surface area contributed by atoms with Crippen molar-refractivity contribution < 1.29 is 16.8 Å². The van der Waals surface area contributed by atoms with E-state index in [0.29, 0.717) is 6.54 Å². The van der Waals surface area contributed by atoms with Crippen LogP contribution in [0.15, 0.2) is 28.0 Å². The summed E-state index contributed by atoms with van der Waals surface area (Å²) in [4.78, 5) is -0.268. The highest BCUT2D eigenvalue weighted by Gasteiger charge is 2.21. The van der Waals surface area contributed by atoms with Gasteiger partial charge in [-0.2, -0.15) is 0 Å². The number of rotatable bonds is 7. The molecular weight excluding hydrogens is 312 g/mol. The summed E-state index contributed by atoms with van der Waals surface area (Å²) in [6.07, 6.45) is 2.74. The van der Waals surface area contributed by atoms with Crippen LogP contribution < -0.4 is 10.5 Å². The molecule has 0 aliphatic carbocycles. The van der Waals surface area contributed by atoms with E-state index in [9.17, 15) is 16.8 Å². The molecule has 1 aromatic carbocycles. The number of hydrogen-bond donors (Lipinski definition) is 2. The summed E-state index contributed by atoms with van der Waals surface area (Å²) in [5, 5.41) is 0. The van der Waals surface area contributed by atoms with Crippen LogP contribution in [-0.4, -0.2) is 29.6 Å². The first-order valence-corrected chi connectivity index (χ1v) is 10.1. The molecule has 0 saturated carbocycles. The first-order valence-electron chi connectivity index (χ1n) is 6.71. The third kappa shape index (κ3) is 4.69. The lowest BCUT2D eigenvalue weighted by atomic mass is 10.0. The van der Waals surface area contributed by atoms with Crippen LogP contribution in [0.3, 0.4) is 0 Å². The van der Waals surface area contributed by atoms with E-state index in [1.54, 1.807) is 0 Å². The van der Waals surface area contributed by atoms with Gasteiger partial charge in [-0.3, -0.25) is 0 Å². The topological polar surface area (TPSA) is 106 Å². The molecule has 1 aromatic rings. The van der Waals surface area contributed by atoms with E-state index >= 15 is 0 Å². The molecule has 0 fully saturated rings. The van der Waals surface area contributed by atoms with Crippen molar-refractivity contribution in [2.24, 2.45) is 5.92 Å². The van der Waals surface area contributed by atoms with Crippen LogP contribution in [0.4, 0.5) is 5.69 Å². The molecule has 0 spiro atoms. The van der Waals surface area contributed by atoms with Gasteiger partial charge in [0.2, 0.25) is 10.0 Å². The first kappa shape index (κ1) is 17.9. The maximum atomic E-state index is 12.3. The number of anilines is 1. The predicted octanol–water partition coefficient (Wildman–Crippen LogP) is 1.39. The molecule has 0 aliphatic heterocycles. The number of nitrogens with one attached hydrogen (secondary N) is 1. The van der Waals surface area contributed by atoms with Crippen molar-refractivity contribution in [2.75, 3.05) is 18.5 Å². The van der Waals surface area contributed by atoms with Crippen molar-refractivity contribution >= 4 is 25.5 Å². The Morgan fingerprint density at radius 3 is 2.19 bits per heavy atom. The molecule has 0 unspecified atom stereocenters. The van der Waals surface area contributed by atoms with Crippen LogP contribution in [0.5, 0.6) is 0 Å². The summed E-state index contributed by atoms with van der Waals surface area (Å²) in [7, 11) is -7.32. The number of sulfonamides is 1. The van der Waals surface area contributed by atoms with E-state index < -0.39 is 19.9 Å². The standard InChI is InChI=1S/C13H22N2O4S2/c1-4-10(5-2)9-15-21(18,19)13-8-11(20(3,16)17)6-7-12(13)14/h6-8,10,15H,4-5,9,14H2,1-3H3. The molecule has 0 saturated heterocycles. The molecule has 8 heteroatoms. The molecule has 21 heavy (non-hydrogen) atoms. The average molecular weight is 334 g/mol. The van der Waals surface area contributed by atoms with Crippen molar-refractivity contribution in [2.45, 2.75) is 36.5 Å². The molecule has 0 atom stereocenters. The van der Waals surface area contributed by atoms with Gasteiger partial charge in [-0.25, -0.2) is 21.6 Å². The van der Waals surface area contributed by atoms with E-state index in [-0.39, 0.29) is 21.4 Å². The molecule has 3 N–H and O–H groups in total. The Balaban J connectivity index is 3.14. The number of nitrogen functional groups attached to an aromatic ring is 1. The number of benzene rings is 1. The maximum absolute atomic E-state index is 12.3. The van der Waals surface area contributed by atoms with Crippen molar-refractivity contribution in [3.63, 3.8) is 0 Å². The van der Waals surface area contributed by atoms with E-state index in [2.05, 4.69) is 4.72 Å². The van der Waals surface area contributed by atoms with E-state index in [1.165, 1.54) is 12.1 Å². The van der Waals surface area contributed by atoms with Gasteiger partial charge in [0.05, 0.1) is 10.6 Å². The minimum atomic E-state index is -3.83. The fraction of sp³-hybridized carbons (Fsp3) is 0.538. The second kappa shape index (κ2) is 6.76. The first-order chi connectivity index (χ1) is 9.61. The third-order valence-electron chi connectivity index (χ3n) is 3.42. The summed E-state index contributed by atoms with van der Waals surface area (Å²) in [6.45, 7) is 4.28. The minimum absolute atomic E-state index is 0.0273. The highest BCUT2D eigenvalue weighted by atomic mass is 32.2. The lowest BCUT2D eigenvalue weighted by Gasteiger charge is -2.15. The Hall–Kier alpha value is -1.12. The minimum Gasteiger partial charge on any atom is -0.398 e. The average Bonchev–Trinajstić information content (AvgIpc) is 2.38. The second-order valence-corrected chi connectivity index (χ2v) is 8.76.